The molecule has 1 heterocycles. The molecule has 0 N–H and O–H groups in total. The van der Waals surface area contributed by atoms with Crippen LogP contribution in [0, 0.1) is 25.2 Å². The summed E-state index contributed by atoms with van der Waals surface area (Å²) in [5, 5.41) is 9.30. The number of nitrogens with zero attached hydrogens (tertiary/aromatic N) is 3. The minimum atomic E-state index is 0.324. The van der Waals surface area contributed by atoms with E-state index in [0.29, 0.717) is 16.5 Å². The van der Waals surface area contributed by atoms with Crippen molar-refractivity contribution in [2.45, 2.75) is 13.8 Å². The number of hydrogen-bond acceptors (Lipinski definition) is 3. The van der Waals surface area contributed by atoms with Crippen molar-refractivity contribution in [3.63, 3.8) is 0 Å². The van der Waals surface area contributed by atoms with Crippen molar-refractivity contribution in [3.8, 4) is 6.07 Å². The number of aryl methyl sites for hydroxylation is 2. The molecule has 0 aliphatic rings. The molecule has 0 saturated heterocycles. The van der Waals surface area contributed by atoms with Crippen LogP contribution in [0.1, 0.15) is 16.7 Å². The summed E-state index contributed by atoms with van der Waals surface area (Å²) < 4.78 is 0. The lowest BCUT2D eigenvalue weighted by Gasteiger charge is -2.20. The molecule has 96 valence electrons. The fraction of sp³-hybridized carbons (Fsp3) is 0.200. The van der Waals surface area contributed by atoms with Gasteiger partial charge >= 0.3 is 0 Å². The molecule has 0 aliphatic heterocycles. The number of nitriles is 1. The highest BCUT2D eigenvalue weighted by Gasteiger charge is 2.09. The van der Waals surface area contributed by atoms with E-state index < -0.39 is 0 Å². The van der Waals surface area contributed by atoms with Crippen molar-refractivity contribution in [1.29, 1.82) is 5.26 Å². The monoisotopic (exact) mass is 271 g/mol. The van der Waals surface area contributed by atoms with Gasteiger partial charge in [0.1, 0.15) is 11.0 Å². The fourth-order valence-electron chi connectivity index (χ4n) is 2.00. The second kappa shape index (κ2) is 5.29. The Labute approximate surface area is 118 Å². The molecule has 0 saturated carbocycles. The first-order valence-corrected chi connectivity index (χ1v) is 6.27. The third-order valence-electron chi connectivity index (χ3n) is 2.85. The average Bonchev–Trinajstić information content (AvgIpc) is 2.35. The van der Waals surface area contributed by atoms with Crippen molar-refractivity contribution in [1.82, 2.24) is 4.98 Å². The molecule has 0 amide bonds. The third kappa shape index (κ3) is 3.04. The van der Waals surface area contributed by atoms with E-state index >= 15 is 0 Å². The van der Waals surface area contributed by atoms with Gasteiger partial charge in [0.25, 0.3) is 0 Å². The van der Waals surface area contributed by atoms with Gasteiger partial charge in [-0.2, -0.15) is 5.26 Å². The zero-order valence-electron chi connectivity index (χ0n) is 11.1. The molecule has 4 heteroatoms. The molecule has 0 atom stereocenters. The summed E-state index contributed by atoms with van der Waals surface area (Å²) in [6.45, 7) is 4.10. The Morgan fingerprint density at radius 3 is 2.32 bits per heavy atom. The molecule has 0 fully saturated rings. The lowest BCUT2D eigenvalue weighted by atomic mass is 10.1. The van der Waals surface area contributed by atoms with Crippen LogP contribution in [-0.2, 0) is 0 Å². The Morgan fingerprint density at radius 2 is 1.74 bits per heavy atom. The van der Waals surface area contributed by atoms with Crippen LogP contribution < -0.4 is 4.90 Å². The summed E-state index contributed by atoms with van der Waals surface area (Å²) in [6, 6.07) is 11.6. The molecule has 1 aromatic heterocycles. The van der Waals surface area contributed by atoms with Gasteiger partial charge in [0.05, 0.1) is 11.6 Å². The molecular formula is C15H14ClN3. The fourth-order valence-corrected chi connectivity index (χ4v) is 2.20. The van der Waals surface area contributed by atoms with Crippen LogP contribution in [0.5, 0.6) is 0 Å². The zero-order chi connectivity index (χ0) is 14.0. The van der Waals surface area contributed by atoms with Gasteiger partial charge in [0.15, 0.2) is 0 Å². The molecule has 0 unspecified atom stereocenters. The average molecular weight is 272 g/mol. The van der Waals surface area contributed by atoms with E-state index in [1.54, 1.807) is 12.1 Å². The minimum absolute atomic E-state index is 0.324. The molecule has 0 bridgehead atoms. The predicted octanol–water partition coefficient (Wildman–Crippen LogP) is 3.99. The Hall–Kier alpha value is -2.05. The Kier molecular flexibility index (Phi) is 3.73. The molecule has 0 aliphatic carbocycles. The maximum atomic E-state index is 8.97. The van der Waals surface area contributed by atoms with Crippen molar-refractivity contribution < 1.29 is 0 Å². The van der Waals surface area contributed by atoms with Gasteiger partial charge in [-0.05, 0) is 49.2 Å². The lowest BCUT2D eigenvalue weighted by molar-refractivity contribution is 1.12. The first-order chi connectivity index (χ1) is 8.99. The Balaban J connectivity index is 2.46. The lowest BCUT2D eigenvalue weighted by Crippen LogP contribution is -2.12. The summed E-state index contributed by atoms with van der Waals surface area (Å²) >= 11 is 5.93. The van der Waals surface area contributed by atoms with E-state index in [4.69, 9.17) is 16.9 Å². The first kappa shape index (κ1) is 13.4. The van der Waals surface area contributed by atoms with Crippen LogP contribution in [0.25, 0.3) is 0 Å². The number of anilines is 2. The van der Waals surface area contributed by atoms with E-state index in [0.717, 1.165) is 5.69 Å². The van der Waals surface area contributed by atoms with E-state index in [2.05, 4.69) is 43.1 Å². The maximum absolute atomic E-state index is 8.97. The van der Waals surface area contributed by atoms with E-state index in [1.807, 2.05) is 11.9 Å². The highest BCUT2D eigenvalue weighted by atomic mass is 35.5. The number of benzene rings is 1. The minimum Gasteiger partial charge on any atom is -0.329 e. The molecule has 2 aromatic rings. The summed E-state index contributed by atoms with van der Waals surface area (Å²) in [5.41, 5.74) is 3.90. The summed E-state index contributed by atoms with van der Waals surface area (Å²) in [6.07, 6.45) is 0. The highest BCUT2D eigenvalue weighted by Crippen LogP contribution is 2.26. The van der Waals surface area contributed by atoms with Gasteiger partial charge < -0.3 is 4.90 Å². The zero-order valence-corrected chi connectivity index (χ0v) is 11.9. The van der Waals surface area contributed by atoms with E-state index in [-0.39, 0.29) is 0 Å². The Bertz CT molecular complexity index is 639. The van der Waals surface area contributed by atoms with Gasteiger partial charge in [-0.15, -0.1) is 0 Å². The van der Waals surface area contributed by atoms with Crippen LogP contribution in [0.2, 0.25) is 5.15 Å². The summed E-state index contributed by atoms with van der Waals surface area (Å²) in [7, 11) is 1.91. The van der Waals surface area contributed by atoms with Gasteiger partial charge in [0, 0.05) is 12.7 Å². The van der Waals surface area contributed by atoms with Crippen LogP contribution >= 0.6 is 11.6 Å². The molecular weight excluding hydrogens is 258 g/mol. The Morgan fingerprint density at radius 1 is 1.11 bits per heavy atom. The van der Waals surface area contributed by atoms with Gasteiger partial charge in [-0.3, -0.25) is 0 Å². The topological polar surface area (TPSA) is 39.9 Å². The number of halogens is 1. The number of hydrogen-bond donors (Lipinski definition) is 0. The van der Waals surface area contributed by atoms with Crippen molar-refractivity contribution in [2.24, 2.45) is 0 Å². The molecule has 19 heavy (non-hydrogen) atoms. The maximum Gasteiger partial charge on any atom is 0.135 e. The largest absolute Gasteiger partial charge is 0.329 e. The second-order valence-corrected chi connectivity index (χ2v) is 4.94. The molecule has 2 rings (SSSR count). The SMILES string of the molecule is Cc1cc(C)cc(N(C)c2cc(C#N)cc(Cl)n2)c1. The highest BCUT2D eigenvalue weighted by molar-refractivity contribution is 6.29. The molecule has 0 spiro atoms. The normalized spacial score (nSPS) is 10.1. The van der Waals surface area contributed by atoms with Crippen molar-refractivity contribution in [3.05, 3.63) is 52.2 Å². The molecule has 3 nitrogen and oxygen atoms in total. The van der Waals surface area contributed by atoms with Crippen LogP contribution in [0.15, 0.2) is 30.3 Å². The number of pyridine rings is 1. The molecule has 1 aromatic carbocycles. The van der Waals surface area contributed by atoms with E-state index in [9.17, 15) is 0 Å². The molecule has 0 radical (unpaired) electrons. The van der Waals surface area contributed by atoms with Crippen LogP contribution in [0.3, 0.4) is 0 Å². The van der Waals surface area contributed by atoms with Crippen molar-refractivity contribution >= 4 is 23.1 Å². The quantitative estimate of drug-likeness (QED) is 0.776. The van der Waals surface area contributed by atoms with Gasteiger partial charge in [-0.25, -0.2) is 4.98 Å². The second-order valence-electron chi connectivity index (χ2n) is 4.55. The van der Waals surface area contributed by atoms with Gasteiger partial charge in [0.2, 0.25) is 0 Å². The van der Waals surface area contributed by atoms with Crippen LogP contribution in [0.4, 0.5) is 11.5 Å². The van der Waals surface area contributed by atoms with Crippen molar-refractivity contribution in [2.75, 3.05) is 11.9 Å². The van der Waals surface area contributed by atoms with Crippen LogP contribution in [-0.4, -0.2) is 12.0 Å². The standard InChI is InChI=1S/C15H14ClN3/c1-10-4-11(2)6-13(5-10)19(3)15-8-12(9-17)7-14(16)18-15/h4-8H,1-3H3. The summed E-state index contributed by atoms with van der Waals surface area (Å²) in [5.74, 6) is 0.661. The third-order valence-corrected chi connectivity index (χ3v) is 3.04. The number of aromatic nitrogens is 1. The van der Waals surface area contributed by atoms with E-state index in [1.165, 1.54) is 11.1 Å². The summed E-state index contributed by atoms with van der Waals surface area (Å²) in [4.78, 5) is 6.18. The smallest absolute Gasteiger partial charge is 0.135 e. The van der Waals surface area contributed by atoms with Gasteiger partial charge in [-0.1, -0.05) is 17.7 Å². The first-order valence-electron chi connectivity index (χ1n) is 5.89. The predicted molar refractivity (Wildman–Crippen MR) is 77.9 cm³/mol. The number of rotatable bonds is 2.